The molecule has 0 radical (unpaired) electrons. The van der Waals surface area contributed by atoms with Crippen molar-refractivity contribution in [3.05, 3.63) is 59.8 Å². The van der Waals surface area contributed by atoms with Gasteiger partial charge in [-0.25, -0.2) is 4.98 Å². The van der Waals surface area contributed by atoms with E-state index in [4.69, 9.17) is 9.47 Å². The van der Waals surface area contributed by atoms with Crippen LogP contribution in [0.5, 0.6) is 5.88 Å². The van der Waals surface area contributed by atoms with Crippen LogP contribution in [-0.4, -0.2) is 16.6 Å². The van der Waals surface area contributed by atoms with E-state index >= 15 is 0 Å². The highest BCUT2D eigenvalue weighted by atomic mass is 16.6. The Morgan fingerprint density at radius 3 is 2.45 bits per heavy atom. The first-order chi connectivity index (χ1) is 10.4. The summed E-state index contributed by atoms with van der Waals surface area (Å²) in [5.41, 5.74) is 1.22. The quantitative estimate of drug-likeness (QED) is 0.792. The molecule has 4 heteroatoms. The number of carbonyl (C=O) groups excluding carboxylic acids is 1. The highest BCUT2D eigenvalue weighted by molar-refractivity contribution is 5.72. The van der Waals surface area contributed by atoms with E-state index < -0.39 is 5.60 Å². The Kier molecular flexibility index (Phi) is 5.15. The molecule has 1 heterocycles. The highest BCUT2D eigenvalue weighted by Crippen LogP contribution is 2.13. The molecule has 0 atom stereocenters. The monoisotopic (exact) mass is 299 g/mol. The zero-order valence-corrected chi connectivity index (χ0v) is 13.2. The molecule has 0 fully saturated rings. The molecule has 1 aromatic carbocycles. The number of nitrogens with zero attached hydrogens (tertiary/aromatic N) is 1. The Hall–Kier alpha value is -2.36. The molecule has 0 aliphatic heterocycles. The van der Waals surface area contributed by atoms with Gasteiger partial charge in [0.2, 0.25) is 5.88 Å². The molecular weight excluding hydrogens is 278 g/mol. The lowest BCUT2D eigenvalue weighted by molar-refractivity contribution is -0.153. The van der Waals surface area contributed by atoms with Crippen LogP contribution in [0.15, 0.2) is 48.5 Å². The summed E-state index contributed by atoms with van der Waals surface area (Å²) in [4.78, 5) is 16.2. The van der Waals surface area contributed by atoms with Gasteiger partial charge in [0.15, 0.2) is 0 Å². The van der Waals surface area contributed by atoms with E-state index in [9.17, 15) is 4.79 Å². The molecule has 0 N–H and O–H groups in total. The van der Waals surface area contributed by atoms with Crippen LogP contribution in [0, 0.1) is 0 Å². The Labute approximate surface area is 131 Å². The lowest BCUT2D eigenvalue weighted by atomic mass is 10.2. The first-order valence-electron chi connectivity index (χ1n) is 7.27. The number of pyridine rings is 1. The minimum atomic E-state index is -0.488. The second-order valence-corrected chi connectivity index (χ2v) is 6.00. The van der Waals surface area contributed by atoms with Gasteiger partial charge in [-0.15, -0.1) is 0 Å². The van der Waals surface area contributed by atoms with Gasteiger partial charge in [-0.1, -0.05) is 36.4 Å². The molecule has 0 aliphatic carbocycles. The summed E-state index contributed by atoms with van der Waals surface area (Å²) in [6.45, 7) is 5.98. The van der Waals surface area contributed by atoms with E-state index in [2.05, 4.69) is 4.98 Å². The van der Waals surface area contributed by atoms with Crippen LogP contribution < -0.4 is 4.74 Å². The van der Waals surface area contributed by atoms with Crippen LogP contribution in [0.2, 0.25) is 0 Å². The van der Waals surface area contributed by atoms with Gasteiger partial charge in [-0.2, -0.15) is 0 Å². The van der Waals surface area contributed by atoms with Crippen molar-refractivity contribution in [3.63, 3.8) is 0 Å². The maximum atomic E-state index is 11.8. The SMILES string of the molecule is CC(C)(C)OC(=O)Cc1cccc(OCc2ccccc2)n1. The van der Waals surface area contributed by atoms with E-state index in [1.165, 1.54) is 0 Å². The first-order valence-corrected chi connectivity index (χ1v) is 7.27. The minimum Gasteiger partial charge on any atom is -0.473 e. The number of hydrogen-bond donors (Lipinski definition) is 0. The van der Waals surface area contributed by atoms with Crippen molar-refractivity contribution < 1.29 is 14.3 Å². The minimum absolute atomic E-state index is 0.139. The predicted octanol–water partition coefficient (Wildman–Crippen LogP) is 3.54. The summed E-state index contributed by atoms with van der Waals surface area (Å²) < 4.78 is 10.9. The fourth-order valence-electron chi connectivity index (χ4n) is 1.89. The van der Waals surface area contributed by atoms with Gasteiger partial charge in [0.25, 0.3) is 0 Å². The average molecular weight is 299 g/mol. The van der Waals surface area contributed by atoms with Crippen LogP contribution in [0.25, 0.3) is 0 Å². The average Bonchev–Trinajstić information content (AvgIpc) is 2.44. The number of rotatable bonds is 5. The summed E-state index contributed by atoms with van der Waals surface area (Å²) in [6, 6.07) is 15.3. The van der Waals surface area contributed by atoms with Gasteiger partial charge in [0, 0.05) is 6.07 Å². The molecule has 1 aromatic heterocycles. The summed E-state index contributed by atoms with van der Waals surface area (Å²) in [5.74, 6) is 0.213. The van der Waals surface area contributed by atoms with E-state index in [0.717, 1.165) is 5.56 Å². The van der Waals surface area contributed by atoms with E-state index in [1.807, 2.05) is 57.2 Å². The van der Waals surface area contributed by atoms with Crippen molar-refractivity contribution in [2.75, 3.05) is 0 Å². The lowest BCUT2D eigenvalue weighted by Crippen LogP contribution is -2.25. The number of ether oxygens (including phenoxy) is 2. The molecule has 0 saturated carbocycles. The van der Waals surface area contributed by atoms with Crippen LogP contribution in [0.1, 0.15) is 32.0 Å². The van der Waals surface area contributed by atoms with Gasteiger partial charge in [-0.05, 0) is 32.4 Å². The molecule has 0 bridgehead atoms. The second-order valence-electron chi connectivity index (χ2n) is 6.00. The standard InChI is InChI=1S/C18H21NO3/c1-18(2,3)22-17(20)12-15-10-7-11-16(19-15)21-13-14-8-5-4-6-9-14/h4-11H,12-13H2,1-3H3. The summed E-state index contributed by atoms with van der Waals surface area (Å²) in [7, 11) is 0. The van der Waals surface area contributed by atoms with Gasteiger partial charge >= 0.3 is 5.97 Å². The summed E-state index contributed by atoms with van der Waals surface area (Å²) >= 11 is 0. The highest BCUT2D eigenvalue weighted by Gasteiger charge is 2.17. The molecule has 4 nitrogen and oxygen atoms in total. The molecule has 0 saturated heterocycles. The van der Waals surface area contributed by atoms with Crippen LogP contribution >= 0.6 is 0 Å². The van der Waals surface area contributed by atoms with Crippen molar-refractivity contribution in [1.29, 1.82) is 0 Å². The Morgan fingerprint density at radius 2 is 1.77 bits per heavy atom. The van der Waals surface area contributed by atoms with Gasteiger partial charge < -0.3 is 9.47 Å². The maximum absolute atomic E-state index is 11.8. The number of hydrogen-bond acceptors (Lipinski definition) is 4. The van der Waals surface area contributed by atoms with Crippen molar-refractivity contribution in [2.24, 2.45) is 0 Å². The molecule has 22 heavy (non-hydrogen) atoms. The van der Waals surface area contributed by atoms with E-state index in [0.29, 0.717) is 18.2 Å². The van der Waals surface area contributed by atoms with Crippen molar-refractivity contribution in [2.45, 2.75) is 39.4 Å². The number of aromatic nitrogens is 1. The van der Waals surface area contributed by atoms with Gasteiger partial charge in [-0.3, -0.25) is 4.79 Å². The third-order valence-corrected chi connectivity index (χ3v) is 2.76. The third-order valence-electron chi connectivity index (χ3n) is 2.76. The molecule has 0 aliphatic rings. The van der Waals surface area contributed by atoms with Crippen LogP contribution in [-0.2, 0) is 22.6 Å². The number of esters is 1. The van der Waals surface area contributed by atoms with Gasteiger partial charge in [0.1, 0.15) is 12.2 Å². The Morgan fingerprint density at radius 1 is 1.05 bits per heavy atom. The summed E-state index contributed by atoms with van der Waals surface area (Å²) in [6.07, 6.45) is 0.139. The number of benzene rings is 1. The molecule has 116 valence electrons. The fourth-order valence-corrected chi connectivity index (χ4v) is 1.89. The van der Waals surface area contributed by atoms with Crippen LogP contribution in [0.3, 0.4) is 0 Å². The molecule has 0 unspecified atom stereocenters. The Bertz CT molecular complexity index is 618. The van der Waals surface area contributed by atoms with E-state index in [1.54, 1.807) is 12.1 Å². The summed E-state index contributed by atoms with van der Waals surface area (Å²) in [5, 5.41) is 0. The molecule has 0 amide bonds. The maximum Gasteiger partial charge on any atom is 0.312 e. The zero-order chi connectivity index (χ0) is 16.0. The lowest BCUT2D eigenvalue weighted by Gasteiger charge is -2.19. The fraction of sp³-hybridized carbons (Fsp3) is 0.333. The third kappa shape index (κ3) is 5.56. The first kappa shape index (κ1) is 16.0. The normalized spacial score (nSPS) is 11.0. The van der Waals surface area contributed by atoms with Gasteiger partial charge in [0.05, 0.1) is 12.1 Å². The molecular formula is C18H21NO3. The smallest absolute Gasteiger partial charge is 0.312 e. The zero-order valence-electron chi connectivity index (χ0n) is 13.2. The van der Waals surface area contributed by atoms with Crippen molar-refractivity contribution in [3.8, 4) is 5.88 Å². The topological polar surface area (TPSA) is 48.4 Å². The molecule has 2 aromatic rings. The molecule has 0 spiro atoms. The Balaban J connectivity index is 1.94. The second kappa shape index (κ2) is 7.07. The van der Waals surface area contributed by atoms with Crippen molar-refractivity contribution >= 4 is 5.97 Å². The van der Waals surface area contributed by atoms with E-state index in [-0.39, 0.29) is 12.4 Å². The predicted molar refractivity (Wildman–Crippen MR) is 84.6 cm³/mol. The van der Waals surface area contributed by atoms with Crippen molar-refractivity contribution in [1.82, 2.24) is 4.98 Å². The molecule has 2 rings (SSSR count). The van der Waals surface area contributed by atoms with Crippen LogP contribution in [0.4, 0.5) is 0 Å². The largest absolute Gasteiger partial charge is 0.473 e. The number of carbonyl (C=O) groups is 1.